The van der Waals surface area contributed by atoms with Gasteiger partial charge in [-0.25, -0.2) is 4.98 Å². The van der Waals surface area contributed by atoms with E-state index in [1.165, 1.54) is 0 Å². The van der Waals surface area contributed by atoms with Crippen molar-refractivity contribution in [3.05, 3.63) is 16.1 Å². The number of hydrogen-bond acceptors (Lipinski definition) is 4. The predicted molar refractivity (Wildman–Crippen MR) is 85.6 cm³/mol. The summed E-state index contributed by atoms with van der Waals surface area (Å²) >= 11 is 1.68. The maximum Gasteiger partial charge on any atom is 0.222 e. The van der Waals surface area contributed by atoms with Crippen molar-refractivity contribution < 1.29 is 9.90 Å². The SMILES string of the molecule is CC(C)(C)c1nc(CCNC(=O)CC2(O)CCCC2)cs1. The lowest BCUT2D eigenvalue weighted by Crippen LogP contribution is -2.35. The van der Waals surface area contributed by atoms with Gasteiger partial charge < -0.3 is 10.4 Å². The van der Waals surface area contributed by atoms with E-state index in [0.717, 1.165) is 42.8 Å². The maximum atomic E-state index is 11.9. The van der Waals surface area contributed by atoms with Gasteiger partial charge in [-0.2, -0.15) is 0 Å². The Balaban J connectivity index is 1.74. The minimum atomic E-state index is -0.760. The van der Waals surface area contributed by atoms with Crippen LogP contribution in [0.25, 0.3) is 0 Å². The fourth-order valence-corrected chi connectivity index (χ4v) is 3.61. The number of nitrogens with zero attached hydrogens (tertiary/aromatic N) is 1. The van der Waals surface area contributed by atoms with Gasteiger partial charge in [0.25, 0.3) is 0 Å². The van der Waals surface area contributed by atoms with Crippen molar-refractivity contribution in [3.63, 3.8) is 0 Å². The molecule has 2 N–H and O–H groups in total. The monoisotopic (exact) mass is 310 g/mol. The van der Waals surface area contributed by atoms with Gasteiger partial charge in [0.1, 0.15) is 0 Å². The predicted octanol–water partition coefficient (Wildman–Crippen LogP) is 2.79. The fourth-order valence-electron chi connectivity index (χ4n) is 2.67. The largest absolute Gasteiger partial charge is 0.389 e. The molecule has 4 nitrogen and oxygen atoms in total. The third kappa shape index (κ3) is 4.78. The van der Waals surface area contributed by atoms with Crippen LogP contribution in [-0.2, 0) is 16.6 Å². The molecular weight excluding hydrogens is 284 g/mol. The topological polar surface area (TPSA) is 62.2 Å². The van der Waals surface area contributed by atoms with Gasteiger partial charge in [-0.05, 0) is 12.8 Å². The number of carbonyl (C=O) groups is 1. The van der Waals surface area contributed by atoms with Gasteiger partial charge in [-0.3, -0.25) is 4.79 Å². The molecule has 1 saturated carbocycles. The zero-order chi connectivity index (χ0) is 15.5. The van der Waals surface area contributed by atoms with Gasteiger partial charge in [0.2, 0.25) is 5.91 Å². The summed E-state index contributed by atoms with van der Waals surface area (Å²) < 4.78 is 0. The second-order valence-corrected chi connectivity index (χ2v) is 7.96. The molecule has 0 radical (unpaired) electrons. The van der Waals surface area contributed by atoms with Gasteiger partial charge in [-0.1, -0.05) is 33.6 Å². The van der Waals surface area contributed by atoms with E-state index < -0.39 is 5.60 Å². The first kappa shape index (κ1) is 16.4. The standard InChI is InChI=1S/C16H26N2O2S/c1-15(2,3)14-18-12(11-21-14)6-9-17-13(19)10-16(20)7-4-5-8-16/h11,20H,4-10H2,1-3H3,(H,17,19). The Morgan fingerprint density at radius 1 is 1.43 bits per heavy atom. The zero-order valence-electron chi connectivity index (χ0n) is 13.2. The quantitative estimate of drug-likeness (QED) is 0.879. The van der Waals surface area contributed by atoms with Crippen LogP contribution in [0.4, 0.5) is 0 Å². The Hall–Kier alpha value is -0.940. The summed E-state index contributed by atoms with van der Waals surface area (Å²) in [5.74, 6) is -0.0503. The first-order valence-corrected chi connectivity index (χ1v) is 8.60. The number of thiazole rings is 1. The zero-order valence-corrected chi connectivity index (χ0v) is 14.1. The lowest BCUT2D eigenvalue weighted by Gasteiger charge is -2.21. The Kier molecular flexibility index (Phi) is 5.04. The molecule has 1 aliphatic carbocycles. The van der Waals surface area contributed by atoms with Crippen LogP contribution in [0.3, 0.4) is 0 Å². The number of rotatable bonds is 5. The molecule has 0 saturated heterocycles. The van der Waals surface area contributed by atoms with Crippen LogP contribution in [0.5, 0.6) is 0 Å². The normalized spacial score (nSPS) is 17.9. The molecule has 1 aliphatic rings. The summed E-state index contributed by atoms with van der Waals surface area (Å²) in [6, 6.07) is 0. The number of aliphatic hydroxyl groups is 1. The smallest absolute Gasteiger partial charge is 0.222 e. The van der Waals surface area contributed by atoms with E-state index in [-0.39, 0.29) is 17.7 Å². The number of aromatic nitrogens is 1. The first-order valence-electron chi connectivity index (χ1n) is 7.72. The van der Waals surface area contributed by atoms with Crippen LogP contribution in [0, 0.1) is 0 Å². The van der Waals surface area contributed by atoms with E-state index in [1.54, 1.807) is 11.3 Å². The van der Waals surface area contributed by atoms with Crippen molar-refractivity contribution >= 4 is 17.2 Å². The van der Waals surface area contributed by atoms with E-state index in [1.807, 2.05) is 0 Å². The molecule has 1 aromatic rings. The van der Waals surface area contributed by atoms with E-state index in [4.69, 9.17) is 0 Å². The molecular formula is C16H26N2O2S. The Morgan fingerprint density at radius 3 is 2.67 bits per heavy atom. The molecule has 2 rings (SSSR count). The summed E-state index contributed by atoms with van der Waals surface area (Å²) in [5.41, 5.74) is 0.354. The van der Waals surface area contributed by atoms with Crippen LogP contribution in [0.15, 0.2) is 5.38 Å². The second-order valence-electron chi connectivity index (χ2n) is 7.10. The number of amides is 1. The summed E-state index contributed by atoms with van der Waals surface area (Å²) in [5, 5.41) is 16.3. The summed E-state index contributed by atoms with van der Waals surface area (Å²) in [6.45, 7) is 7.04. The minimum absolute atomic E-state index is 0.0503. The van der Waals surface area contributed by atoms with E-state index in [9.17, 15) is 9.90 Å². The van der Waals surface area contributed by atoms with Gasteiger partial charge in [0, 0.05) is 23.8 Å². The highest BCUT2D eigenvalue weighted by atomic mass is 32.1. The molecule has 1 fully saturated rings. The molecule has 1 aromatic heterocycles. The Labute approximate surface area is 131 Å². The average Bonchev–Trinajstić information content (AvgIpc) is 2.97. The lowest BCUT2D eigenvalue weighted by molar-refractivity contribution is -0.125. The summed E-state index contributed by atoms with van der Waals surface area (Å²) in [7, 11) is 0. The molecule has 5 heteroatoms. The van der Waals surface area contributed by atoms with E-state index >= 15 is 0 Å². The number of nitrogens with one attached hydrogen (secondary N) is 1. The molecule has 118 valence electrons. The Morgan fingerprint density at radius 2 is 2.10 bits per heavy atom. The minimum Gasteiger partial charge on any atom is -0.389 e. The van der Waals surface area contributed by atoms with Gasteiger partial charge >= 0.3 is 0 Å². The molecule has 0 bridgehead atoms. The van der Waals surface area contributed by atoms with Crippen LogP contribution < -0.4 is 5.32 Å². The van der Waals surface area contributed by atoms with Crippen molar-refractivity contribution in [1.29, 1.82) is 0 Å². The summed E-state index contributed by atoms with van der Waals surface area (Å²) in [4.78, 5) is 16.5. The average molecular weight is 310 g/mol. The highest BCUT2D eigenvalue weighted by Crippen LogP contribution is 2.32. The second kappa shape index (κ2) is 6.44. The van der Waals surface area contributed by atoms with Crippen LogP contribution in [0.2, 0.25) is 0 Å². The molecule has 0 unspecified atom stereocenters. The molecule has 1 amide bonds. The maximum absolute atomic E-state index is 11.9. The van der Waals surface area contributed by atoms with E-state index in [2.05, 4.69) is 36.5 Å². The van der Waals surface area contributed by atoms with Crippen molar-refractivity contribution in [3.8, 4) is 0 Å². The van der Waals surface area contributed by atoms with E-state index in [0.29, 0.717) is 6.54 Å². The lowest BCUT2D eigenvalue weighted by atomic mass is 9.97. The van der Waals surface area contributed by atoms with Crippen molar-refractivity contribution in [2.45, 2.75) is 70.3 Å². The molecule has 21 heavy (non-hydrogen) atoms. The van der Waals surface area contributed by atoms with Gasteiger partial charge in [0.05, 0.1) is 22.7 Å². The first-order chi connectivity index (χ1) is 9.78. The van der Waals surface area contributed by atoms with Crippen LogP contribution in [-0.4, -0.2) is 28.1 Å². The van der Waals surface area contributed by atoms with Crippen molar-refractivity contribution in [1.82, 2.24) is 10.3 Å². The van der Waals surface area contributed by atoms with Crippen LogP contribution >= 0.6 is 11.3 Å². The van der Waals surface area contributed by atoms with Gasteiger partial charge in [0.15, 0.2) is 0 Å². The molecule has 0 atom stereocenters. The Bertz CT molecular complexity index is 485. The van der Waals surface area contributed by atoms with Crippen LogP contribution in [0.1, 0.15) is 63.6 Å². The van der Waals surface area contributed by atoms with Crippen molar-refractivity contribution in [2.75, 3.05) is 6.54 Å². The third-order valence-electron chi connectivity index (χ3n) is 3.92. The molecule has 0 aromatic carbocycles. The van der Waals surface area contributed by atoms with Gasteiger partial charge in [-0.15, -0.1) is 11.3 Å². The third-order valence-corrected chi connectivity index (χ3v) is 5.24. The highest BCUT2D eigenvalue weighted by Gasteiger charge is 2.33. The number of carbonyl (C=O) groups excluding carboxylic acids is 1. The molecule has 0 aliphatic heterocycles. The molecule has 0 spiro atoms. The highest BCUT2D eigenvalue weighted by molar-refractivity contribution is 7.09. The fraction of sp³-hybridized carbons (Fsp3) is 0.750. The summed E-state index contributed by atoms with van der Waals surface area (Å²) in [6.07, 6.45) is 4.54. The number of hydrogen-bond donors (Lipinski definition) is 2. The molecule has 1 heterocycles. The van der Waals surface area contributed by atoms with Crippen molar-refractivity contribution in [2.24, 2.45) is 0 Å².